The number of aryl methyl sites for hydroxylation is 2. The molecule has 2 aromatic carbocycles. The first kappa shape index (κ1) is 23.9. The van der Waals surface area contributed by atoms with Crippen LogP contribution in [0.4, 0.5) is 0 Å². The number of hydrogen-bond acceptors (Lipinski definition) is 3. The second-order valence-corrected chi connectivity index (χ2v) is 7.92. The molecule has 0 saturated carbocycles. The van der Waals surface area contributed by atoms with Crippen molar-refractivity contribution in [2.24, 2.45) is 11.8 Å². The van der Waals surface area contributed by atoms with Crippen LogP contribution in [0, 0.1) is 25.7 Å². The Bertz CT molecular complexity index is 752. The van der Waals surface area contributed by atoms with Crippen LogP contribution in [0.1, 0.15) is 22.3 Å². The molecule has 30 heavy (non-hydrogen) atoms. The molecule has 0 radical (unpaired) electrons. The van der Waals surface area contributed by atoms with Crippen LogP contribution in [0.2, 0.25) is 0 Å². The van der Waals surface area contributed by atoms with Crippen molar-refractivity contribution in [1.82, 2.24) is 16.0 Å². The molecule has 3 rings (SSSR count). The zero-order valence-electron chi connectivity index (χ0n) is 17.7. The molecule has 0 spiro atoms. The quantitative estimate of drug-likeness (QED) is 0.604. The van der Waals surface area contributed by atoms with E-state index < -0.39 is 0 Å². The largest absolute Gasteiger partial charge is 0.355 e. The van der Waals surface area contributed by atoms with Crippen LogP contribution in [0.5, 0.6) is 0 Å². The third-order valence-electron chi connectivity index (χ3n) is 5.55. The molecule has 2 aromatic rings. The Balaban J connectivity index is 0.00000320. The van der Waals surface area contributed by atoms with E-state index in [1.54, 1.807) is 0 Å². The van der Waals surface area contributed by atoms with Crippen molar-refractivity contribution in [3.8, 4) is 0 Å². The molecule has 2 amide bonds. The van der Waals surface area contributed by atoms with Crippen molar-refractivity contribution in [1.29, 1.82) is 0 Å². The fourth-order valence-electron chi connectivity index (χ4n) is 3.66. The maximum atomic E-state index is 12.6. The van der Waals surface area contributed by atoms with Gasteiger partial charge in [-0.05, 0) is 37.8 Å². The van der Waals surface area contributed by atoms with Gasteiger partial charge in [0.2, 0.25) is 11.8 Å². The summed E-state index contributed by atoms with van der Waals surface area (Å²) in [5.74, 6) is -0.707. The Kier molecular flexibility index (Phi) is 9.34. The van der Waals surface area contributed by atoms with E-state index in [-0.39, 0.29) is 36.1 Å². The van der Waals surface area contributed by atoms with Gasteiger partial charge in [0.1, 0.15) is 0 Å². The van der Waals surface area contributed by atoms with Crippen LogP contribution in [-0.2, 0) is 22.4 Å². The van der Waals surface area contributed by atoms with Gasteiger partial charge in [-0.25, -0.2) is 0 Å². The minimum absolute atomic E-state index is 0. The summed E-state index contributed by atoms with van der Waals surface area (Å²) >= 11 is 0. The molecule has 0 unspecified atom stereocenters. The summed E-state index contributed by atoms with van der Waals surface area (Å²) in [5, 5.41) is 9.19. The highest BCUT2D eigenvalue weighted by molar-refractivity contribution is 5.88. The van der Waals surface area contributed by atoms with Crippen LogP contribution < -0.4 is 16.0 Å². The lowest BCUT2D eigenvalue weighted by Crippen LogP contribution is -2.42. The zero-order valence-corrected chi connectivity index (χ0v) is 18.6. The van der Waals surface area contributed by atoms with E-state index in [1.807, 2.05) is 0 Å². The number of rotatable bonds is 8. The lowest BCUT2D eigenvalue weighted by Gasteiger charge is -2.18. The van der Waals surface area contributed by atoms with Gasteiger partial charge < -0.3 is 16.0 Å². The molecule has 3 N–H and O–H groups in total. The highest BCUT2D eigenvalue weighted by atomic mass is 35.5. The van der Waals surface area contributed by atoms with E-state index in [2.05, 4.69) is 78.3 Å². The maximum absolute atomic E-state index is 12.6. The van der Waals surface area contributed by atoms with Crippen LogP contribution in [0.25, 0.3) is 0 Å². The van der Waals surface area contributed by atoms with Crippen LogP contribution in [-0.4, -0.2) is 38.0 Å². The van der Waals surface area contributed by atoms with Crippen molar-refractivity contribution in [2.45, 2.75) is 26.7 Å². The molecular formula is C24H32ClN3O2. The van der Waals surface area contributed by atoms with Gasteiger partial charge in [-0.2, -0.15) is 0 Å². The molecule has 1 saturated heterocycles. The lowest BCUT2D eigenvalue weighted by molar-refractivity contribution is -0.132. The number of carbonyl (C=O) groups excluding carboxylic acids is 2. The van der Waals surface area contributed by atoms with Gasteiger partial charge in [0.15, 0.2) is 0 Å². The summed E-state index contributed by atoms with van der Waals surface area (Å²) in [6, 6.07) is 16.7. The zero-order chi connectivity index (χ0) is 20.6. The molecule has 1 fully saturated rings. The van der Waals surface area contributed by atoms with Crippen molar-refractivity contribution in [2.75, 3.05) is 26.2 Å². The van der Waals surface area contributed by atoms with E-state index in [1.165, 1.54) is 22.3 Å². The van der Waals surface area contributed by atoms with Gasteiger partial charge in [0.05, 0.1) is 11.8 Å². The van der Waals surface area contributed by atoms with Gasteiger partial charge in [-0.3, -0.25) is 9.59 Å². The van der Waals surface area contributed by atoms with Crippen LogP contribution in [0.3, 0.4) is 0 Å². The number of hydrogen-bond donors (Lipinski definition) is 3. The summed E-state index contributed by atoms with van der Waals surface area (Å²) in [6.45, 7) is 6.38. The normalized spacial score (nSPS) is 17.8. The van der Waals surface area contributed by atoms with E-state index in [4.69, 9.17) is 0 Å². The molecule has 0 bridgehead atoms. The Morgan fingerprint density at radius 1 is 0.767 bits per heavy atom. The predicted molar refractivity (Wildman–Crippen MR) is 123 cm³/mol. The van der Waals surface area contributed by atoms with E-state index in [0.717, 1.165) is 12.8 Å². The van der Waals surface area contributed by atoms with Gasteiger partial charge in [-0.1, -0.05) is 59.7 Å². The molecule has 6 heteroatoms. The third-order valence-corrected chi connectivity index (χ3v) is 5.55. The van der Waals surface area contributed by atoms with Crippen molar-refractivity contribution in [3.05, 3.63) is 70.8 Å². The van der Waals surface area contributed by atoms with E-state index in [0.29, 0.717) is 26.2 Å². The predicted octanol–water partition coefficient (Wildman–Crippen LogP) is 2.58. The number of nitrogens with one attached hydrogen (secondary N) is 3. The van der Waals surface area contributed by atoms with Crippen molar-refractivity contribution >= 4 is 24.2 Å². The number of amides is 2. The molecule has 0 aromatic heterocycles. The fourth-order valence-corrected chi connectivity index (χ4v) is 3.66. The molecule has 1 aliphatic rings. The van der Waals surface area contributed by atoms with Gasteiger partial charge in [0, 0.05) is 26.2 Å². The van der Waals surface area contributed by atoms with Gasteiger partial charge in [-0.15, -0.1) is 12.4 Å². The number of benzene rings is 2. The molecule has 2 atom stereocenters. The summed E-state index contributed by atoms with van der Waals surface area (Å²) < 4.78 is 0. The topological polar surface area (TPSA) is 70.2 Å². The Hall–Kier alpha value is -2.37. The first-order valence-corrected chi connectivity index (χ1v) is 10.4. The molecule has 0 aliphatic carbocycles. The summed E-state index contributed by atoms with van der Waals surface area (Å²) in [7, 11) is 0. The smallest absolute Gasteiger partial charge is 0.225 e. The van der Waals surface area contributed by atoms with E-state index >= 15 is 0 Å². The molecule has 1 aliphatic heterocycles. The summed E-state index contributed by atoms with van der Waals surface area (Å²) in [5.41, 5.74) is 4.86. The highest BCUT2D eigenvalue weighted by Crippen LogP contribution is 2.17. The van der Waals surface area contributed by atoms with Gasteiger partial charge >= 0.3 is 0 Å². The average Bonchev–Trinajstić information content (AvgIpc) is 3.21. The van der Waals surface area contributed by atoms with Crippen molar-refractivity contribution < 1.29 is 9.59 Å². The average molecular weight is 430 g/mol. The molecular weight excluding hydrogens is 398 g/mol. The van der Waals surface area contributed by atoms with Gasteiger partial charge in [0.25, 0.3) is 0 Å². The minimum atomic E-state index is -0.313. The summed E-state index contributed by atoms with van der Waals surface area (Å²) in [6.07, 6.45) is 1.58. The Morgan fingerprint density at radius 2 is 1.13 bits per heavy atom. The summed E-state index contributed by atoms with van der Waals surface area (Å²) in [4.78, 5) is 25.2. The van der Waals surface area contributed by atoms with Crippen LogP contribution >= 0.6 is 12.4 Å². The second kappa shape index (κ2) is 11.7. The third kappa shape index (κ3) is 6.85. The molecule has 162 valence electrons. The highest BCUT2D eigenvalue weighted by Gasteiger charge is 2.37. The fraction of sp³-hybridized carbons (Fsp3) is 0.417. The molecule has 5 nitrogen and oxygen atoms in total. The first-order valence-electron chi connectivity index (χ1n) is 10.4. The van der Waals surface area contributed by atoms with Crippen LogP contribution in [0.15, 0.2) is 48.5 Å². The Labute approximate surface area is 185 Å². The number of carbonyl (C=O) groups is 2. The SMILES string of the molecule is Cc1ccc(CCNC(=O)[C@@H]2CNC[C@H]2C(=O)NCCc2ccc(C)cc2)cc1.Cl. The van der Waals surface area contributed by atoms with E-state index in [9.17, 15) is 9.59 Å². The second-order valence-electron chi connectivity index (χ2n) is 7.92. The standard InChI is InChI=1S/C24H31N3O2.ClH/c1-17-3-7-19(8-4-17)11-13-26-23(28)21-15-25-16-22(21)24(29)27-14-12-20-9-5-18(2)6-10-20;/h3-10,21-22,25H,11-16H2,1-2H3,(H,26,28)(H,27,29);1H/t21-,22-;/m1./s1. The first-order chi connectivity index (χ1) is 14.0. The lowest BCUT2D eigenvalue weighted by atomic mass is 9.94. The van der Waals surface area contributed by atoms with Crippen molar-refractivity contribution in [3.63, 3.8) is 0 Å². The maximum Gasteiger partial charge on any atom is 0.225 e. The monoisotopic (exact) mass is 429 g/mol. The number of halogens is 1. The Morgan fingerprint density at radius 3 is 1.50 bits per heavy atom. The molecule has 1 heterocycles. The minimum Gasteiger partial charge on any atom is -0.355 e.